The summed E-state index contributed by atoms with van der Waals surface area (Å²) in [6.45, 7) is 9.43. The first-order chi connectivity index (χ1) is 8.64. The molecule has 19 heavy (non-hydrogen) atoms. The fourth-order valence-corrected chi connectivity index (χ4v) is 2.20. The highest BCUT2D eigenvalue weighted by Crippen LogP contribution is 2.36. The Morgan fingerprint density at radius 3 is 2.16 bits per heavy atom. The van der Waals surface area contributed by atoms with E-state index in [1.807, 2.05) is 27.7 Å². The molecule has 1 aliphatic heterocycles. The zero-order valence-corrected chi connectivity index (χ0v) is 12.7. The number of halogens is 1. The van der Waals surface area contributed by atoms with Crippen LogP contribution in [0, 0.1) is 0 Å². The van der Waals surface area contributed by atoms with Crippen LogP contribution in [0.3, 0.4) is 0 Å². The van der Waals surface area contributed by atoms with Crippen molar-refractivity contribution in [3.63, 3.8) is 0 Å². The molecule has 0 spiro atoms. The first-order valence-corrected chi connectivity index (χ1v) is 6.68. The Bertz CT molecular complexity index is 509. The summed E-state index contributed by atoms with van der Waals surface area (Å²) in [4.78, 5) is 11.7. The number of benzene rings is 1. The van der Waals surface area contributed by atoms with Crippen molar-refractivity contribution in [1.29, 1.82) is 0 Å². The standard InChI is InChI=1S/C14H18BClO3/c1-9(17)11-7-6-10(16)8-12(11)15-18-13(2,3)14(4,5)19-15/h6-8H,1-5H3. The Labute approximate surface area is 119 Å². The van der Waals surface area contributed by atoms with Crippen LogP contribution in [0.2, 0.25) is 5.02 Å². The van der Waals surface area contributed by atoms with Crippen LogP contribution >= 0.6 is 11.6 Å². The summed E-state index contributed by atoms with van der Waals surface area (Å²) in [6, 6.07) is 5.15. The second-order valence-corrected chi connectivity index (χ2v) is 6.31. The third-order valence-corrected chi connectivity index (χ3v) is 4.14. The van der Waals surface area contributed by atoms with Crippen molar-refractivity contribution >= 4 is 30.0 Å². The van der Waals surface area contributed by atoms with E-state index in [2.05, 4.69) is 0 Å². The first kappa shape index (κ1) is 14.6. The third-order valence-electron chi connectivity index (χ3n) is 3.90. The summed E-state index contributed by atoms with van der Waals surface area (Å²) in [5.74, 6) is -0.0265. The lowest BCUT2D eigenvalue weighted by Gasteiger charge is -2.32. The van der Waals surface area contributed by atoms with Gasteiger partial charge in [-0.15, -0.1) is 0 Å². The fourth-order valence-electron chi connectivity index (χ4n) is 2.02. The van der Waals surface area contributed by atoms with E-state index >= 15 is 0 Å². The second-order valence-electron chi connectivity index (χ2n) is 5.88. The van der Waals surface area contributed by atoms with Crippen LogP contribution in [0.1, 0.15) is 45.0 Å². The molecule has 0 aromatic heterocycles. The van der Waals surface area contributed by atoms with Crippen LogP contribution < -0.4 is 5.46 Å². The van der Waals surface area contributed by atoms with Gasteiger partial charge in [-0.2, -0.15) is 0 Å². The molecule has 0 unspecified atom stereocenters. The summed E-state index contributed by atoms with van der Waals surface area (Å²) in [6.07, 6.45) is 0. The van der Waals surface area contributed by atoms with Crippen molar-refractivity contribution in [3.05, 3.63) is 28.8 Å². The lowest BCUT2D eigenvalue weighted by molar-refractivity contribution is 0.00578. The van der Waals surface area contributed by atoms with E-state index in [0.29, 0.717) is 16.0 Å². The van der Waals surface area contributed by atoms with E-state index in [9.17, 15) is 4.79 Å². The van der Waals surface area contributed by atoms with Gasteiger partial charge in [0.1, 0.15) is 0 Å². The van der Waals surface area contributed by atoms with Crippen molar-refractivity contribution < 1.29 is 14.1 Å². The molecule has 0 radical (unpaired) electrons. The van der Waals surface area contributed by atoms with Gasteiger partial charge in [0.2, 0.25) is 0 Å². The predicted molar refractivity (Wildman–Crippen MR) is 77.2 cm³/mol. The predicted octanol–water partition coefficient (Wildman–Crippen LogP) is 2.84. The molecule has 0 aliphatic carbocycles. The second kappa shape index (κ2) is 4.62. The van der Waals surface area contributed by atoms with Gasteiger partial charge in [-0.25, -0.2) is 0 Å². The number of hydrogen-bond acceptors (Lipinski definition) is 3. The van der Waals surface area contributed by atoms with Gasteiger partial charge in [0.25, 0.3) is 0 Å². The molecule has 5 heteroatoms. The zero-order chi connectivity index (χ0) is 14.4. The Morgan fingerprint density at radius 2 is 1.68 bits per heavy atom. The minimum atomic E-state index is -0.567. The normalized spacial score (nSPS) is 20.6. The number of rotatable bonds is 2. The van der Waals surface area contributed by atoms with Crippen molar-refractivity contribution in [2.45, 2.75) is 45.8 Å². The van der Waals surface area contributed by atoms with Crippen LogP contribution in [-0.2, 0) is 9.31 Å². The minimum absolute atomic E-state index is 0.0265. The first-order valence-electron chi connectivity index (χ1n) is 6.30. The number of carbonyl (C=O) groups excluding carboxylic acids is 1. The van der Waals surface area contributed by atoms with Crippen molar-refractivity contribution in [2.24, 2.45) is 0 Å². The van der Waals surface area contributed by atoms with Gasteiger partial charge in [0, 0.05) is 10.6 Å². The van der Waals surface area contributed by atoms with E-state index in [0.717, 1.165) is 0 Å². The quantitative estimate of drug-likeness (QED) is 0.617. The molecule has 0 amide bonds. The van der Waals surface area contributed by atoms with Crippen LogP contribution in [0.5, 0.6) is 0 Å². The zero-order valence-electron chi connectivity index (χ0n) is 11.9. The van der Waals surface area contributed by atoms with Crippen LogP contribution in [-0.4, -0.2) is 24.1 Å². The molecule has 0 saturated carbocycles. The van der Waals surface area contributed by atoms with Gasteiger partial charge in [0.15, 0.2) is 5.78 Å². The molecule has 1 aromatic rings. The largest absolute Gasteiger partial charge is 0.495 e. The molecule has 1 aromatic carbocycles. The Balaban J connectivity index is 2.44. The van der Waals surface area contributed by atoms with Crippen LogP contribution in [0.25, 0.3) is 0 Å². The van der Waals surface area contributed by atoms with E-state index in [1.54, 1.807) is 18.2 Å². The highest BCUT2D eigenvalue weighted by atomic mass is 35.5. The number of ketones is 1. The molecule has 1 saturated heterocycles. The van der Waals surface area contributed by atoms with Crippen LogP contribution in [0.15, 0.2) is 18.2 Å². The Kier molecular flexibility index (Phi) is 3.54. The average Bonchev–Trinajstić information content (AvgIpc) is 2.47. The maximum absolute atomic E-state index is 11.7. The van der Waals surface area contributed by atoms with E-state index in [4.69, 9.17) is 20.9 Å². The fraction of sp³-hybridized carbons (Fsp3) is 0.500. The smallest absolute Gasteiger partial charge is 0.399 e. The van der Waals surface area contributed by atoms with Gasteiger partial charge in [-0.05, 0) is 52.2 Å². The molecule has 1 aliphatic rings. The van der Waals surface area contributed by atoms with E-state index in [1.165, 1.54) is 6.92 Å². The Morgan fingerprint density at radius 1 is 1.16 bits per heavy atom. The maximum Gasteiger partial charge on any atom is 0.495 e. The minimum Gasteiger partial charge on any atom is -0.399 e. The summed E-state index contributed by atoms with van der Waals surface area (Å²) in [5.41, 5.74) is 0.406. The number of carbonyl (C=O) groups is 1. The van der Waals surface area contributed by atoms with Gasteiger partial charge in [-0.1, -0.05) is 17.7 Å². The molecule has 2 rings (SSSR count). The SMILES string of the molecule is CC(=O)c1ccc(Cl)cc1B1OC(C)(C)C(C)(C)O1. The Hall–Kier alpha value is -0.835. The monoisotopic (exact) mass is 280 g/mol. The van der Waals surface area contributed by atoms with Gasteiger partial charge >= 0.3 is 7.12 Å². The summed E-state index contributed by atoms with van der Waals surface area (Å²) in [5, 5.41) is 0.565. The molecule has 0 N–H and O–H groups in total. The van der Waals surface area contributed by atoms with Crippen LogP contribution in [0.4, 0.5) is 0 Å². The summed E-state index contributed by atoms with van der Waals surface area (Å²) < 4.78 is 11.9. The molecule has 1 fully saturated rings. The van der Waals surface area contributed by atoms with Gasteiger partial charge in [0.05, 0.1) is 11.2 Å². The molecule has 1 heterocycles. The lowest BCUT2D eigenvalue weighted by Crippen LogP contribution is -2.41. The molecule has 0 bridgehead atoms. The third kappa shape index (κ3) is 2.57. The van der Waals surface area contributed by atoms with E-state index < -0.39 is 18.3 Å². The molecule has 0 atom stereocenters. The summed E-state index contributed by atoms with van der Waals surface area (Å²) in [7, 11) is -0.567. The van der Waals surface area contributed by atoms with Gasteiger partial charge in [-0.3, -0.25) is 4.79 Å². The van der Waals surface area contributed by atoms with E-state index in [-0.39, 0.29) is 5.78 Å². The van der Waals surface area contributed by atoms with Crippen molar-refractivity contribution in [1.82, 2.24) is 0 Å². The molecular weight excluding hydrogens is 262 g/mol. The highest BCUT2D eigenvalue weighted by molar-refractivity contribution is 6.64. The lowest BCUT2D eigenvalue weighted by atomic mass is 9.75. The van der Waals surface area contributed by atoms with Crippen molar-refractivity contribution in [3.8, 4) is 0 Å². The molecule has 102 valence electrons. The topological polar surface area (TPSA) is 35.5 Å². The average molecular weight is 281 g/mol. The van der Waals surface area contributed by atoms with Gasteiger partial charge < -0.3 is 9.31 Å². The number of Topliss-reactive ketones (excluding diaryl/α,β-unsaturated/α-hetero) is 1. The molecule has 3 nitrogen and oxygen atoms in total. The maximum atomic E-state index is 11.7. The summed E-state index contributed by atoms with van der Waals surface area (Å²) >= 11 is 6.02. The number of hydrogen-bond donors (Lipinski definition) is 0. The highest BCUT2D eigenvalue weighted by Gasteiger charge is 2.52. The van der Waals surface area contributed by atoms with Crippen molar-refractivity contribution in [2.75, 3.05) is 0 Å². The molecular formula is C14H18BClO3.